The van der Waals surface area contributed by atoms with Crippen LogP contribution in [-0.2, 0) is 14.3 Å². The molecule has 0 radical (unpaired) electrons. The Morgan fingerprint density at radius 1 is 1.59 bits per heavy atom. The first-order valence-corrected chi connectivity index (χ1v) is 5.35. The Kier molecular flexibility index (Phi) is 7.43. The highest BCUT2D eigenvalue weighted by molar-refractivity contribution is 5.88. The lowest BCUT2D eigenvalue weighted by Crippen LogP contribution is -2.05. The van der Waals surface area contributed by atoms with Crippen LogP contribution in [0.4, 0.5) is 0 Å². The largest absolute Gasteiger partial charge is 0.478 e. The molecule has 0 unspecified atom stereocenters. The van der Waals surface area contributed by atoms with E-state index in [1.807, 2.05) is 6.08 Å². The van der Waals surface area contributed by atoms with E-state index >= 15 is 0 Å². The Balaban J connectivity index is 0.000000366. The number of ether oxygens (including phenoxy) is 1. The van der Waals surface area contributed by atoms with E-state index in [-0.39, 0.29) is 11.5 Å². The molecule has 0 aromatic rings. The van der Waals surface area contributed by atoms with E-state index in [2.05, 4.69) is 13.2 Å². The van der Waals surface area contributed by atoms with Gasteiger partial charge in [-0.15, -0.1) is 0 Å². The molecule has 17 heavy (non-hydrogen) atoms. The second-order valence-corrected chi connectivity index (χ2v) is 3.59. The summed E-state index contributed by atoms with van der Waals surface area (Å²) in [4.78, 5) is 20.7. The maximum absolute atomic E-state index is 11.1. The van der Waals surface area contributed by atoms with Gasteiger partial charge in [0.2, 0.25) is 0 Å². The molecular formula is C13H18O4. The fourth-order valence-corrected chi connectivity index (χ4v) is 1.08. The average molecular weight is 238 g/mol. The quantitative estimate of drug-likeness (QED) is 0.464. The SMILES string of the molecule is C=C(C)C(=O)O.C=CCOC(=O)C1=CCCC1. The van der Waals surface area contributed by atoms with Gasteiger partial charge in [-0.3, -0.25) is 0 Å². The smallest absolute Gasteiger partial charge is 0.333 e. The summed E-state index contributed by atoms with van der Waals surface area (Å²) in [6.07, 6.45) is 6.49. The summed E-state index contributed by atoms with van der Waals surface area (Å²) < 4.78 is 4.85. The predicted octanol–water partition coefficient (Wildman–Crippen LogP) is 2.47. The molecule has 0 amide bonds. The molecule has 0 saturated carbocycles. The standard InChI is InChI=1S/C9H12O2.C4H6O2/c1-2-7-11-9(10)8-5-3-4-6-8;1-3(2)4(5)6/h2,5H,1,3-4,6-7H2;1H2,2H3,(H,5,6). The third-order valence-electron chi connectivity index (χ3n) is 2.00. The predicted molar refractivity (Wildman–Crippen MR) is 65.5 cm³/mol. The number of allylic oxidation sites excluding steroid dienone is 1. The number of carboxylic acid groups (broad SMARTS) is 1. The molecule has 4 heteroatoms. The molecular weight excluding hydrogens is 220 g/mol. The van der Waals surface area contributed by atoms with Gasteiger partial charge < -0.3 is 9.84 Å². The number of hydrogen-bond donors (Lipinski definition) is 1. The van der Waals surface area contributed by atoms with Gasteiger partial charge in [-0.2, -0.15) is 0 Å². The van der Waals surface area contributed by atoms with Gasteiger partial charge in [0.25, 0.3) is 0 Å². The normalized spacial score (nSPS) is 12.9. The third kappa shape index (κ3) is 7.11. The number of carboxylic acids is 1. The molecule has 0 fully saturated rings. The minimum Gasteiger partial charge on any atom is -0.478 e. The molecule has 1 aliphatic rings. The van der Waals surface area contributed by atoms with Crippen LogP contribution in [0.1, 0.15) is 26.2 Å². The molecule has 1 rings (SSSR count). The number of rotatable bonds is 4. The van der Waals surface area contributed by atoms with Gasteiger partial charge in [0, 0.05) is 11.1 Å². The zero-order chi connectivity index (χ0) is 13.3. The molecule has 0 spiro atoms. The topological polar surface area (TPSA) is 63.6 Å². The number of esters is 1. The molecule has 0 aromatic heterocycles. The minimum atomic E-state index is -0.935. The lowest BCUT2D eigenvalue weighted by atomic mass is 10.2. The van der Waals surface area contributed by atoms with Gasteiger partial charge in [0.15, 0.2) is 0 Å². The van der Waals surface area contributed by atoms with E-state index in [9.17, 15) is 9.59 Å². The molecule has 4 nitrogen and oxygen atoms in total. The van der Waals surface area contributed by atoms with E-state index < -0.39 is 5.97 Å². The summed E-state index contributed by atoms with van der Waals surface area (Å²) in [5.74, 6) is -1.11. The van der Waals surface area contributed by atoms with Crippen LogP contribution in [0.3, 0.4) is 0 Å². The first-order valence-electron chi connectivity index (χ1n) is 5.35. The van der Waals surface area contributed by atoms with Crippen molar-refractivity contribution in [2.45, 2.75) is 26.2 Å². The van der Waals surface area contributed by atoms with Crippen molar-refractivity contribution in [2.24, 2.45) is 0 Å². The van der Waals surface area contributed by atoms with Crippen molar-refractivity contribution in [1.82, 2.24) is 0 Å². The Labute approximate surface area is 101 Å². The zero-order valence-electron chi connectivity index (χ0n) is 10.1. The van der Waals surface area contributed by atoms with Crippen LogP contribution in [0.25, 0.3) is 0 Å². The van der Waals surface area contributed by atoms with Gasteiger partial charge in [-0.05, 0) is 26.2 Å². The van der Waals surface area contributed by atoms with Crippen LogP contribution in [0.15, 0.2) is 36.5 Å². The van der Waals surface area contributed by atoms with Crippen molar-refractivity contribution < 1.29 is 19.4 Å². The van der Waals surface area contributed by atoms with Gasteiger partial charge in [-0.1, -0.05) is 25.3 Å². The summed E-state index contributed by atoms with van der Waals surface area (Å²) in [6.45, 7) is 8.38. The minimum absolute atomic E-state index is 0.176. The Hall–Kier alpha value is -1.84. The summed E-state index contributed by atoms with van der Waals surface area (Å²) in [7, 11) is 0. The van der Waals surface area contributed by atoms with Crippen LogP contribution in [-0.4, -0.2) is 23.7 Å². The molecule has 0 aliphatic heterocycles. The zero-order valence-corrected chi connectivity index (χ0v) is 10.1. The van der Waals surface area contributed by atoms with Crippen molar-refractivity contribution in [1.29, 1.82) is 0 Å². The lowest BCUT2D eigenvalue weighted by Gasteiger charge is -2.00. The third-order valence-corrected chi connectivity index (χ3v) is 2.00. The summed E-state index contributed by atoms with van der Waals surface area (Å²) in [5, 5.41) is 7.89. The summed E-state index contributed by atoms with van der Waals surface area (Å²) in [6, 6.07) is 0. The van der Waals surface area contributed by atoms with E-state index in [0.29, 0.717) is 6.61 Å². The Morgan fingerprint density at radius 3 is 2.53 bits per heavy atom. The second-order valence-electron chi connectivity index (χ2n) is 3.59. The molecule has 0 heterocycles. The summed E-state index contributed by atoms with van der Waals surface area (Å²) >= 11 is 0. The number of carbonyl (C=O) groups excluding carboxylic acids is 1. The van der Waals surface area contributed by atoms with Crippen LogP contribution in [0.2, 0.25) is 0 Å². The van der Waals surface area contributed by atoms with Gasteiger partial charge in [0.1, 0.15) is 6.61 Å². The first kappa shape index (κ1) is 15.2. The van der Waals surface area contributed by atoms with Crippen LogP contribution in [0.5, 0.6) is 0 Å². The van der Waals surface area contributed by atoms with E-state index in [4.69, 9.17) is 9.84 Å². The van der Waals surface area contributed by atoms with E-state index in [0.717, 1.165) is 24.8 Å². The van der Waals surface area contributed by atoms with E-state index in [1.165, 1.54) is 6.92 Å². The first-order chi connectivity index (χ1) is 7.99. The Bertz CT molecular complexity index is 327. The molecule has 0 aromatic carbocycles. The Morgan fingerprint density at radius 2 is 2.18 bits per heavy atom. The molecule has 0 atom stereocenters. The van der Waals surface area contributed by atoms with Crippen molar-refractivity contribution in [3.8, 4) is 0 Å². The fourth-order valence-electron chi connectivity index (χ4n) is 1.08. The number of carbonyl (C=O) groups is 2. The van der Waals surface area contributed by atoms with Crippen molar-refractivity contribution in [2.75, 3.05) is 6.61 Å². The molecule has 1 N–H and O–H groups in total. The number of aliphatic carboxylic acids is 1. The second kappa shape index (κ2) is 8.33. The summed E-state index contributed by atoms with van der Waals surface area (Å²) in [5.41, 5.74) is 1.00. The lowest BCUT2D eigenvalue weighted by molar-refractivity contribution is -0.138. The highest BCUT2D eigenvalue weighted by atomic mass is 16.5. The molecule has 1 aliphatic carbocycles. The maximum Gasteiger partial charge on any atom is 0.333 e. The van der Waals surface area contributed by atoms with Crippen LogP contribution in [0, 0.1) is 0 Å². The van der Waals surface area contributed by atoms with Crippen molar-refractivity contribution in [3.63, 3.8) is 0 Å². The van der Waals surface area contributed by atoms with E-state index in [1.54, 1.807) is 6.08 Å². The van der Waals surface area contributed by atoms with Crippen molar-refractivity contribution >= 4 is 11.9 Å². The average Bonchev–Trinajstić information content (AvgIpc) is 2.80. The maximum atomic E-state index is 11.1. The van der Waals surface area contributed by atoms with Gasteiger partial charge in [-0.25, -0.2) is 9.59 Å². The number of hydrogen-bond acceptors (Lipinski definition) is 3. The monoisotopic (exact) mass is 238 g/mol. The molecule has 0 bridgehead atoms. The van der Waals surface area contributed by atoms with Crippen LogP contribution >= 0.6 is 0 Å². The highest BCUT2D eigenvalue weighted by Gasteiger charge is 2.13. The van der Waals surface area contributed by atoms with Crippen molar-refractivity contribution in [3.05, 3.63) is 36.5 Å². The molecule has 94 valence electrons. The highest BCUT2D eigenvalue weighted by Crippen LogP contribution is 2.18. The van der Waals surface area contributed by atoms with Gasteiger partial charge in [0.05, 0.1) is 0 Å². The fraction of sp³-hybridized carbons (Fsp3) is 0.385. The van der Waals surface area contributed by atoms with Crippen LogP contribution < -0.4 is 0 Å². The van der Waals surface area contributed by atoms with Gasteiger partial charge >= 0.3 is 11.9 Å². The molecule has 0 saturated heterocycles.